The fourth-order valence-corrected chi connectivity index (χ4v) is 2.17. The van der Waals surface area contributed by atoms with Crippen LogP contribution in [0.2, 0.25) is 0 Å². The number of anilines is 1. The summed E-state index contributed by atoms with van der Waals surface area (Å²) in [6, 6.07) is 8.96. The van der Waals surface area contributed by atoms with Crippen molar-refractivity contribution in [1.29, 1.82) is 0 Å². The number of hydrogen-bond acceptors (Lipinski definition) is 7. The summed E-state index contributed by atoms with van der Waals surface area (Å²) in [7, 11) is 2.89. The summed E-state index contributed by atoms with van der Waals surface area (Å²) in [5, 5.41) is 16.7. The van der Waals surface area contributed by atoms with E-state index in [1.165, 1.54) is 18.8 Å². The molecular formula is C14H14N8O3. The molecule has 1 aromatic carbocycles. The molecular weight excluding hydrogens is 328 g/mol. The number of carbonyl (C=O) groups is 1. The molecule has 0 saturated carbocycles. The molecule has 11 heteroatoms. The fourth-order valence-electron chi connectivity index (χ4n) is 2.17. The van der Waals surface area contributed by atoms with Crippen LogP contribution in [-0.4, -0.2) is 40.5 Å². The van der Waals surface area contributed by atoms with Crippen LogP contribution in [0.5, 0.6) is 0 Å². The van der Waals surface area contributed by atoms with E-state index in [1.807, 2.05) is 6.07 Å². The quantitative estimate of drug-likeness (QED) is 0.628. The second kappa shape index (κ2) is 6.47. The van der Waals surface area contributed by atoms with Crippen LogP contribution in [0.15, 0.2) is 39.9 Å². The minimum atomic E-state index is -0.805. The Morgan fingerprint density at radius 1 is 1.12 bits per heavy atom. The van der Waals surface area contributed by atoms with E-state index in [2.05, 4.69) is 25.9 Å². The van der Waals surface area contributed by atoms with Crippen molar-refractivity contribution in [2.45, 2.75) is 6.54 Å². The maximum Gasteiger partial charge on any atom is 0.347 e. The molecule has 0 aliphatic heterocycles. The molecule has 3 rings (SSSR count). The third-order valence-electron chi connectivity index (χ3n) is 3.45. The summed E-state index contributed by atoms with van der Waals surface area (Å²) in [5.74, 6) is -0.755. The molecule has 0 aliphatic carbocycles. The molecule has 0 saturated heterocycles. The highest BCUT2D eigenvalue weighted by molar-refractivity contribution is 6.01. The Labute approximate surface area is 140 Å². The van der Waals surface area contributed by atoms with Crippen molar-refractivity contribution in [3.8, 4) is 0 Å². The summed E-state index contributed by atoms with van der Waals surface area (Å²) >= 11 is 0. The van der Waals surface area contributed by atoms with Gasteiger partial charge in [-0.1, -0.05) is 35.4 Å². The second-order valence-electron chi connectivity index (χ2n) is 5.21. The number of nitrogens with zero attached hydrogens (tertiary/aromatic N) is 7. The van der Waals surface area contributed by atoms with Gasteiger partial charge in [-0.05, 0) is 16.0 Å². The lowest BCUT2D eigenvalue weighted by atomic mass is 10.2. The molecule has 0 atom stereocenters. The number of tetrazole rings is 1. The number of hydrogen-bond donors (Lipinski definition) is 1. The van der Waals surface area contributed by atoms with Crippen molar-refractivity contribution in [2.24, 2.45) is 14.1 Å². The lowest BCUT2D eigenvalue weighted by Gasteiger charge is -2.09. The minimum Gasteiger partial charge on any atom is -0.288 e. The van der Waals surface area contributed by atoms with Gasteiger partial charge in [-0.15, -0.1) is 0 Å². The molecule has 2 aromatic heterocycles. The highest BCUT2D eigenvalue weighted by Crippen LogP contribution is 2.00. The van der Waals surface area contributed by atoms with Crippen LogP contribution in [0.1, 0.15) is 16.1 Å². The molecule has 0 aliphatic rings. The summed E-state index contributed by atoms with van der Waals surface area (Å²) < 4.78 is 3.11. The van der Waals surface area contributed by atoms with Gasteiger partial charge in [-0.2, -0.15) is 5.10 Å². The van der Waals surface area contributed by atoms with Gasteiger partial charge in [0.2, 0.25) is 11.6 Å². The summed E-state index contributed by atoms with van der Waals surface area (Å²) in [4.78, 5) is 37.1. The van der Waals surface area contributed by atoms with Crippen LogP contribution in [0.25, 0.3) is 0 Å². The number of benzene rings is 1. The van der Waals surface area contributed by atoms with Crippen LogP contribution < -0.4 is 16.6 Å². The van der Waals surface area contributed by atoms with Gasteiger partial charge in [-0.25, -0.2) is 14.2 Å². The predicted molar refractivity (Wildman–Crippen MR) is 86.0 cm³/mol. The standard InChI is InChI=1S/C14H14N8O3/c1-20-13(16-18-19-20)15-11(23)10-12(24)22(14(25)21(2)17-10)8-9-6-4-3-5-7-9/h3-7H,8H2,1-2H3,(H,15,16,19,23). The van der Waals surface area contributed by atoms with Crippen molar-refractivity contribution in [3.05, 3.63) is 62.4 Å². The Morgan fingerprint density at radius 2 is 1.84 bits per heavy atom. The van der Waals surface area contributed by atoms with Crippen LogP contribution in [0.3, 0.4) is 0 Å². The predicted octanol–water partition coefficient (Wildman–Crippen LogP) is -1.23. The molecule has 3 aromatic rings. The third kappa shape index (κ3) is 3.20. The SMILES string of the molecule is Cn1nnnc1NC(=O)c1nn(C)c(=O)n(Cc2ccccc2)c1=O. The van der Waals surface area contributed by atoms with Crippen LogP contribution in [-0.2, 0) is 20.6 Å². The van der Waals surface area contributed by atoms with Gasteiger partial charge in [0, 0.05) is 14.1 Å². The van der Waals surface area contributed by atoms with Crippen LogP contribution in [0, 0.1) is 0 Å². The van der Waals surface area contributed by atoms with E-state index < -0.39 is 22.9 Å². The molecule has 128 valence electrons. The van der Waals surface area contributed by atoms with Gasteiger partial charge in [0.15, 0.2) is 0 Å². The van der Waals surface area contributed by atoms with Gasteiger partial charge in [-0.3, -0.25) is 19.5 Å². The second-order valence-corrected chi connectivity index (χ2v) is 5.21. The van der Waals surface area contributed by atoms with E-state index in [4.69, 9.17) is 0 Å². The molecule has 25 heavy (non-hydrogen) atoms. The molecule has 0 radical (unpaired) electrons. The number of aryl methyl sites for hydroxylation is 2. The average Bonchev–Trinajstić information content (AvgIpc) is 3.00. The van der Waals surface area contributed by atoms with Gasteiger partial charge in [0.25, 0.3) is 11.5 Å². The topological polar surface area (TPSA) is 130 Å². The van der Waals surface area contributed by atoms with E-state index in [1.54, 1.807) is 24.3 Å². The van der Waals surface area contributed by atoms with Gasteiger partial charge >= 0.3 is 5.69 Å². The minimum absolute atomic E-state index is 0.0284. The molecule has 0 fully saturated rings. The first-order valence-electron chi connectivity index (χ1n) is 7.23. The van der Waals surface area contributed by atoms with Crippen LogP contribution in [0.4, 0.5) is 5.95 Å². The first-order chi connectivity index (χ1) is 12.0. The highest BCUT2D eigenvalue weighted by atomic mass is 16.2. The Hall–Kier alpha value is -3.63. The molecule has 11 nitrogen and oxygen atoms in total. The van der Waals surface area contributed by atoms with Crippen LogP contribution >= 0.6 is 0 Å². The monoisotopic (exact) mass is 342 g/mol. The first-order valence-corrected chi connectivity index (χ1v) is 7.23. The summed E-state index contributed by atoms with van der Waals surface area (Å²) in [6.45, 7) is 0.0284. The molecule has 0 unspecified atom stereocenters. The Bertz CT molecular complexity index is 1030. The Kier molecular flexibility index (Phi) is 4.20. The zero-order chi connectivity index (χ0) is 18.0. The molecule has 2 heterocycles. The largest absolute Gasteiger partial charge is 0.347 e. The highest BCUT2D eigenvalue weighted by Gasteiger charge is 2.20. The normalized spacial score (nSPS) is 10.6. The van der Waals surface area contributed by atoms with Crippen molar-refractivity contribution in [3.63, 3.8) is 0 Å². The lowest BCUT2D eigenvalue weighted by Crippen LogP contribution is -2.44. The number of rotatable bonds is 4. The zero-order valence-corrected chi connectivity index (χ0v) is 13.4. The average molecular weight is 342 g/mol. The first kappa shape index (κ1) is 16.2. The van der Waals surface area contributed by atoms with E-state index in [0.717, 1.165) is 14.8 Å². The lowest BCUT2D eigenvalue weighted by molar-refractivity contribution is 0.101. The van der Waals surface area contributed by atoms with E-state index in [-0.39, 0.29) is 12.5 Å². The fraction of sp³-hybridized carbons (Fsp3) is 0.214. The third-order valence-corrected chi connectivity index (χ3v) is 3.45. The molecule has 1 amide bonds. The van der Waals surface area contributed by atoms with E-state index in [9.17, 15) is 14.4 Å². The maximum absolute atomic E-state index is 12.6. The van der Waals surface area contributed by atoms with Gasteiger partial charge < -0.3 is 0 Å². The zero-order valence-electron chi connectivity index (χ0n) is 13.4. The Morgan fingerprint density at radius 3 is 2.48 bits per heavy atom. The van der Waals surface area contributed by atoms with E-state index in [0.29, 0.717) is 0 Å². The summed E-state index contributed by atoms with van der Waals surface area (Å²) in [5.41, 5.74) is -1.09. The van der Waals surface area contributed by atoms with E-state index >= 15 is 0 Å². The number of carbonyl (C=O) groups excluding carboxylic acids is 1. The van der Waals surface area contributed by atoms with Crippen molar-refractivity contribution in [2.75, 3.05) is 5.32 Å². The number of aromatic nitrogens is 7. The van der Waals surface area contributed by atoms with Gasteiger partial charge in [0.1, 0.15) is 0 Å². The number of nitrogens with one attached hydrogen (secondary N) is 1. The molecule has 1 N–H and O–H groups in total. The van der Waals surface area contributed by atoms with Gasteiger partial charge in [0.05, 0.1) is 6.54 Å². The van der Waals surface area contributed by atoms with Crippen molar-refractivity contribution in [1.82, 2.24) is 34.6 Å². The Balaban J connectivity index is 2.01. The maximum atomic E-state index is 12.6. The molecule has 0 spiro atoms. The van der Waals surface area contributed by atoms with Crippen molar-refractivity contribution < 1.29 is 4.79 Å². The number of amides is 1. The summed E-state index contributed by atoms with van der Waals surface area (Å²) in [6.07, 6.45) is 0. The smallest absolute Gasteiger partial charge is 0.288 e. The van der Waals surface area contributed by atoms with Crippen molar-refractivity contribution >= 4 is 11.9 Å². The molecule has 0 bridgehead atoms.